The molecule has 1 amide bonds. The van der Waals surface area contributed by atoms with Crippen LogP contribution in [0.25, 0.3) is 22.3 Å². The van der Waals surface area contributed by atoms with E-state index in [-0.39, 0.29) is 12.1 Å². The van der Waals surface area contributed by atoms with Crippen molar-refractivity contribution in [3.05, 3.63) is 47.4 Å². The quantitative estimate of drug-likeness (QED) is 0.448. The molecule has 1 atom stereocenters. The van der Waals surface area contributed by atoms with Gasteiger partial charge in [0.1, 0.15) is 11.2 Å². The number of aromatic amines is 1. The number of anilines is 1. The molecule has 0 saturated carbocycles. The summed E-state index contributed by atoms with van der Waals surface area (Å²) in [5.41, 5.74) is 3.30. The van der Waals surface area contributed by atoms with Gasteiger partial charge in [-0.25, -0.2) is 19.7 Å². The van der Waals surface area contributed by atoms with Crippen LogP contribution < -0.4 is 5.32 Å². The third-order valence-corrected chi connectivity index (χ3v) is 6.95. The summed E-state index contributed by atoms with van der Waals surface area (Å²) in [6.07, 6.45) is 10.3. The first kappa shape index (κ1) is 25.5. The second-order valence-corrected chi connectivity index (χ2v) is 11.2. The monoisotopic (exact) mass is 523 g/mol. The van der Waals surface area contributed by atoms with E-state index in [0.717, 1.165) is 55.5 Å². The number of ether oxygens (including phenoxy) is 1. The number of carbonyl (C=O) groups excluding carboxylic acids is 1. The fourth-order valence-corrected chi connectivity index (χ4v) is 5.10. The predicted octanol–water partition coefficient (Wildman–Crippen LogP) is 5.12. The maximum Gasteiger partial charge on any atom is 0.410 e. The van der Waals surface area contributed by atoms with Crippen LogP contribution in [0.4, 0.5) is 10.7 Å². The van der Waals surface area contributed by atoms with Crippen LogP contribution in [0, 0.1) is 0 Å². The van der Waals surface area contributed by atoms with Crippen LogP contribution in [0.3, 0.4) is 0 Å². The van der Waals surface area contributed by atoms with Gasteiger partial charge in [0, 0.05) is 55.6 Å². The topological polar surface area (TPSA) is 99.3 Å². The Balaban J connectivity index is 1.20. The number of nitrogens with zero attached hydrogens (tertiary/aromatic N) is 5. The third kappa shape index (κ3) is 6.22. The lowest BCUT2D eigenvalue weighted by Gasteiger charge is -2.35. The standard InChI is InChI=1S/C27H34ClN7O2/c1-27(2,3)37-26(36)35-12-8-18(9-13-35)16-34-11-5-6-19(17-34)32-25-31-15-22(28)23(33-25)21-14-30-24-20(21)7-4-10-29-24/h4,7-8,10,14-15,19H,5-6,9,11-13,16-17H2,1-3H3,(H,29,30)(H,31,32,33)/t19-/m1/s1. The zero-order chi connectivity index (χ0) is 26.0. The van der Waals surface area contributed by atoms with Crippen molar-refractivity contribution in [3.8, 4) is 11.3 Å². The molecule has 37 heavy (non-hydrogen) atoms. The number of H-pyrrole nitrogens is 1. The first-order valence-corrected chi connectivity index (χ1v) is 13.2. The van der Waals surface area contributed by atoms with Crippen molar-refractivity contribution in [2.75, 3.05) is 38.0 Å². The average Bonchev–Trinajstić information content (AvgIpc) is 3.29. The van der Waals surface area contributed by atoms with E-state index in [1.807, 2.05) is 39.1 Å². The van der Waals surface area contributed by atoms with E-state index >= 15 is 0 Å². The summed E-state index contributed by atoms with van der Waals surface area (Å²) in [7, 11) is 0. The largest absolute Gasteiger partial charge is 0.444 e. The molecule has 3 aromatic rings. The molecule has 5 heterocycles. The van der Waals surface area contributed by atoms with Crippen LogP contribution in [0.5, 0.6) is 0 Å². The number of hydrogen-bond acceptors (Lipinski definition) is 7. The van der Waals surface area contributed by atoms with Gasteiger partial charge in [0.05, 0.1) is 16.9 Å². The number of carbonyl (C=O) groups is 1. The molecule has 2 N–H and O–H groups in total. The Hall–Kier alpha value is -3.17. The van der Waals surface area contributed by atoms with Crippen molar-refractivity contribution in [1.29, 1.82) is 0 Å². The summed E-state index contributed by atoms with van der Waals surface area (Å²) >= 11 is 6.49. The fourth-order valence-electron chi connectivity index (χ4n) is 4.91. The Morgan fingerprint density at radius 2 is 2.16 bits per heavy atom. The van der Waals surface area contributed by atoms with Crippen molar-refractivity contribution in [2.24, 2.45) is 0 Å². The molecule has 10 heteroatoms. The Kier molecular flexibility index (Phi) is 7.35. The van der Waals surface area contributed by atoms with E-state index < -0.39 is 5.60 Å². The van der Waals surface area contributed by atoms with Gasteiger partial charge in [0.2, 0.25) is 5.95 Å². The second-order valence-electron chi connectivity index (χ2n) is 10.7. The summed E-state index contributed by atoms with van der Waals surface area (Å²) in [6, 6.07) is 4.15. The fraction of sp³-hybridized carbons (Fsp3) is 0.481. The molecule has 5 rings (SSSR count). The minimum atomic E-state index is -0.474. The number of halogens is 1. The number of nitrogens with one attached hydrogen (secondary N) is 2. The summed E-state index contributed by atoms with van der Waals surface area (Å²) in [6.45, 7) is 9.86. The lowest BCUT2D eigenvalue weighted by atomic mass is 10.0. The van der Waals surface area contributed by atoms with Gasteiger partial charge in [-0.05, 0) is 58.7 Å². The Bertz CT molecular complexity index is 1300. The smallest absolute Gasteiger partial charge is 0.410 e. The van der Waals surface area contributed by atoms with Crippen molar-refractivity contribution < 1.29 is 9.53 Å². The van der Waals surface area contributed by atoms with E-state index in [0.29, 0.717) is 29.8 Å². The lowest BCUT2D eigenvalue weighted by molar-refractivity contribution is 0.0264. The number of amides is 1. The van der Waals surface area contributed by atoms with E-state index in [2.05, 4.69) is 31.2 Å². The van der Waals surface area contributed by atoms with Gasteiger partial charge in [-0.1, -0.05) is 23.3 Å². The van der Waals surface area contributed by atoms with E-state index in [1.54, 1.807) is 17.3 Å². The summed E-state index contributed by atoms with van der Waals surface area (Å²) in [5, 5.41) is 5.01. The molecule has 0 aliphatic carbocycles. The summed E-state index contributed by atoms with van der Waals surface area (Å²) < 4.78 is 5.51. The average molecular weight is 524 g/mol. The van der Waals surface area contributed by atoms with Crippen molar-refractivity contribution in [1.82, 2.24) is 29.7 Å². The normalized spacial score (nSPS) is 19.1. The minimum Gasteiger partial charge on any atom is -0.444 e. The molecule has 0 spiro atoms. The van der Waals surface area contributed by atoms with Gasteiger partial charge in [-0.3, -0.25) is 4.90 Å². The van der Waals surface area contributed by atoms with Gasteiger partial charge < -0.3 is 19.9 Å². The zero-order valence-electron chi connectivity index (χ0n) is 21.6. The molecule has 1 fully saturated rings. The van der Waals surface area contributed by atoms with Crippen LogP contribution >= 0.6 is 11.6 Å². The van der Waals surface area contributed by atoms with E-state index in [4.69, 9.17) is 21.3 Å². The van der Waals surface area contributed by atoms with Gasteiger partial charge in [0.15, 0.2) is 0 Å². The molecule has 0 aromatic carbocycles. The Labute approximate surface area is 222 Å². The number of hydrogen-bond donors (Lipinski definition) is 2. The van der Waals surface area contributed by atoms with Crippen LogP contribution in [0.2, 0.25) is 5.02 Å². The summed E-state index contributed by atoms with van der Waals surface area (Å²) in [4.78, 5) is 33.4. The number of rotatable bonds is 5. The van der Waals surface area contributed by atoms with Gasteiger partial charge in [-0.15, -0.1) is 0 Å². The van der Waals surface area contributed by atoms with E-state index in [1.165, 1.54) is 5.57 Å². The summed E-state index contributed by atoms with van der Waals surface area (Å²) in [5.74, 6) is 0.578. The van der Waals surface area contributed by atoms with Crippen molar-refractivity contribution >= 4 is 34.7 Å². The lowest BCUT2D eigenvalue weighted by Crippen LogP contribution is -2.44. The van der Waals surface area contributed by atoms with Gasteiger partial charge in [-0.2, -0.15) is 0 Å². The molecule has 2 aliphatic rings. The molecule has 0 unspecified atom stereocenters. The molecular weight excluding hydrogens is 490 g/mol. The van der Waals surface area contributed by atoms with Crippen LogP contribution in [-0.4, -0.2) is 80.2 Å². The highest BCUT2D eigenvalue weighted by Gasteiger charge is 2.26. The number of aromatic nitrogens is 4. The highest BCUT2D eigenvalue weighted by atomic mass is 35.5. The molecule has 0 radical (unpaired) electrons. The number of piperidine rings is 1. The first-order valence-electron chi connectivity index (χ1n) is 12.8. The highest BCUT2D eigenvalue weighted by molar-refractivity contribution is 6.33. The SMILES string of the molecule is CC(C)(C)OC(=O)N1CC=C(CN2CCC[C@@H](Nc3ncc(Cl)c(-c4c[nH]c5ncccc45)n3)C2)CC1. The number of fused-ring (bicyclic) bond motifs is 1. The van der Waals surface area contributed by atoms with Crippen LogP contribution in [-0.2, 0) is 4.74 Å². The number of pyridine rings is 1. The second kappa shape index (κ2) is 10.7. The van der Waals surface area contributed by atoms with Crippen LogP contribution in [0.1, 0.15) is 40.0 Å². The molecule has 196 valence electrons. The Morgan fingerprint density at radius 3 is 2.95 bits per heavy atom. The van der Waals surface area contributed by atoms with Gasteiger partial charge in [0.25, 0.3) is 0 Å². The maximum atomic E-state index is 12.3. The van der Waals surface area contributed by atoms with Gasteiger partial charge >= 0.3 is 6.09 Å². The molecule has 9 nitrogen and oxygen atoms in total. The molecule has 0 bridgehead atoms. The molecule has 3 aromatic heterocycles. The zero-order valence-corrected chi connectivity index (χ0v) is 22.4. The minimum absolute atomic E-state index is 0.240. The van der Waals surface area contributed by atoms with E-state index in [9.17, 15) is 4.79 Å². The molecule has 1 saturated heterocycles. The maximum absolute atomic E-state index is 12.3. The van der Waals surface area contributed by atoms with Crippen LogP contribution in [0.15, 0.2) is 42.4 Å². The van der Waals surface area contributed by atoms with Crippen molar-refractivity contribution in [3.63, 3.8) is 0 Å². The third-order valence-electron chi connectivity index (χ3n) is 6.67. The highest BCUT2D eigenvalue weighted by Crippen LogP contribution is 2.32. The molecule has 2 aliphatic heterocycles. The predicted molar refractivity (Wildman–Crippen MR) is 146 cm³/mol. The number of likely N-dealkylation sites (tertiary alicyclic amines) is 1. The Morgan fingerprint density at radius 1 is 1.30 bits per heavy atom. The van der Waals surface area contributed by atoms with Crippen molar-refractivity contribution in [2.45, 2.75) is 51.7 Å². The first-order chi connectivity index (χ1) is 17.7. The molecular formula is C27H34ClN7O2.